The van der Waals surface area contributed by atoms with E-state index in [2.05, 4.69) is 10.2 Å². The van der Waals surface area contributed by atoms with E-state index in [9.17, 15) is 0 Å². The summed E-state index contributed by atoms with van der Waals surface area (Å²) in [6.07, 6.45) is 5.47. The summed E-state index contributed by atoms with van der Waals surface area (Å²) in [7, 11) is 0. The molecule has 1 aromatic rings. The first-order valence-electron chi connectivity index (χ1n) is 2.79. The van der Waals surface area contributed by atoms with Gasteiger partial charge in [-0.15, -0.1) is 0 Å². The van der Waals surface area contributed by atoms with Gasteiger partial charge in [0.05, 0.1) is 5.69 Å². The number of rotatable bonds is 2. The quantitative estimate of drug-likeness (QED) is 0.597. The highest BCUT2D eigenvalue weighted by Crippen LogP contribution is 1.92. The number of aromatic nitrogens is 2. The first-order valence-corrected chi connectivity index (χ1v) is 2.79. The van der Waals surface area contributed by atoms with Crippen molar-refractivity contribution in [3.05, 3.63) is 24.0 Å². The lowest BCUT2D eigenvalue weighted by Crippen LogP contribution is -1.91. The second kappa shape index (κ2) is 3.04. The van der Waals surface area contributed by atoms with Crippen molar-refractivity contribution < 1.29 is 0 Å². The van der Waals surface area contributed by atoms with Crippen molar-refractivity contribution in [1.29, 1.82) is 0 Å². The Morgan fingerprint density at radius 3 is 3.22 bits per heavy atom. The molecule has 0 aliphatic carbocycles. The van der Waals surface area contributed by atoms with Crippen LogP contribution in [0.3, 0.4) is 0 Å². The smallest absolute Gasteiger partial charge is 0.0575 e. The molecule has 0 atom stereocenters. The van der Waals surface area contributed by atoms with E-state index in [-0.39, 0.29) is 0 Å². The van der Waals surface area contributed by atoms with Gasteiger partial charge in [-0.3, -0.25) is 5.10 Å². The monoisotopic (exact) mass is 123 g/mol. The van der Waals surface area contributed by atoms with Crippen molar-refractivity contribution >= 4 is 6.08 Å². The molecule has 3 N–H and O–H groups in total. The first kappa shape index (κ1) is 6.04. The summed E-state index contributed by atoms with van der Waals surface area (Å²) in [6.45, 7) is 0.568. The summed E-state index contributed by atoms with van der Waals surface area (Å²) in [6, 6.07) is 1.88. The molecule has 0 fully saturated rings. The van der Waals surface area contributed by atoms with Crippen LogP contribution < -0.4 is 5.73 Å². The fourth-order valence-corrected chi connectivity index (χ4v) is 0.554. The fourth-order valence-electron chi connectivity index (χ4n) is 0.554. The number of nitrogens with zero attached hydrogens (tertiary/aromatic N) is 1. The Bertz CT molecular complexity index is 176. The molecule has 1 heterocycles. The van der Waals surface area contributed by atoms with Crippen LogP contribution in [0.4, 0.5) is 0 Å². The largest absolute Gasteiger partial charge is 0.327 e. The van der Waals surface area contributed by atoms with Gasteiger partial charge in [0, 0.05) is 12.7 Å². The zero-order valence-corrected chi connectivity index (χ0v) is 5.04. The lowest BCUT2D eigenvalue weighted by atomic mass is 10.4. The van der Waals surface area contributed by atoms with Crippen LogP contribution in [0.1, 0.15) is 5.69 Å². The van der Waals surface area contributed by atoms with E-state index in [1.165, 1.54) is 0 Å². The summed E-state index contributed by atoms with van der Waals surface area (Å²) >= 11 is 0. The molecule has 0 spiro atoms. The van der Waals surface area contributed by atoms with Crippen molar-refractivity contribution in [3.63, 3.8) is 0 Å². The molecule has 0 bridgehead atoms. The molecular weight excluding hydrogens is 114 g/mol. The Morgan fingerprint density at radius 1 is 1.78 bits per heavy atom. The molecule has 0 saturated heterocycles. The van der Waals surface area contributed by atoms with Crippen LogP contribution in [0.15, 0.2) is 18.3 Å². The minimum atomic E-state index is 0.568. The Balaban J connectivity index is 2.57. The van der Waals surface area contributed by atoms with Crippen LogP contribution >= 0.6 is 0 Å². The predicted octanol–water partition coefficient (Wildman–Crippen LogP) is 0.382. The average Bonchev–Trinajstić information content (AvgIpc) is 2.34. The molecule has 0 unspecified atom stereocenters. The van der Waals surface area contributed by atoms with E-state index in [1.807, 2.05) is 18.2 Å². The summed E-state index contributed by atoms with van der Waals surface area (Å²) < 4.78 is 0. The van der Waals surface area contributed by atoms with Crippen molar-refractivity contribution in [1.82, 2.24) is 10.2 Å². The molecule has 3 heteroatoms. The van der Waals surface area contributed by atoms with Crippen LogP contribution in [-0.4, -0.2) is 16.7 Å². The molecule has 0 radical (unpaired) electrons. The highest BCUT2D eigenvalue weighted by molar-refractivity contribution is 5.43. The molecule has 1 aromatic heterocycles. The third kappa shape index (κ3) is 1.70. The van der Waals surface area contributed by atoms with Crippen molar-refractivity contribution in [2.75, 3.05) is 6.54 Å². The zero-order valence-electron chi connectivity index (χ0n) is 5.04. The van der Waals surface area contributed by atoms with Crippen LogP contribution in [0.5, 0.6) is 0 Å². The number of hydrogen-bond donors (Lipinski definition) is 2. The third-order valence-electron chi connectivity index (χ3n) is 0.956. The van der Waals surface area contributed by atoms with Crippen molar-refractivity contribution in [3.8, 4) is 0 Å². The average molecular weight is 123 g/mol. The standard InChI is InChI=1S/C6H9N3/c7-4-1-2-6-3-5-8-9-6/h1-3,5H,4,7H2,(H,8,9)/b2-1+. The SMILES string of the molecule is NC/C=C/c1ccn[nH]1. The van der Waals surface area contributed by atoms with Gasteiger partial charge in [0.25, 0.3) is 0 Å². The summed E-state index contributed by atoms with van der Waals surface area (Å²) in [5, 5.41) is 6.54. The van der Waals surface area contributed by atoms with Crippen LogP contribution in [0.2, 0.25) is 0 Å². The second-order valence-electron chi connectivity index (χ2n) is 1.65. The molecule has 3 nitrogen and oxygen atoms in total. The Morgan fingerprint density at radius 2 is 2.67 bits per heavy atom. The van der Waals surface area contributed by atoms with Gasteiger partial charge in [-0.1, -0.05) is 6.08 Å². The van der Waals surface area contributed by atoms with E-state index < -0.39 is 0 Å². The van der Waals surface area contributed by atoms with E-state index >= 15 is 0 Å². The van der Waals surface area contributed by atoms with Crippen molar-refractivity contribution in [2.24, 2.45) is 5.73 Å². The predicted molar refractivity (Wildman–Crippen MR) is 36.7 cm³/mol. The van der Waals surface area contributed by atoms with Gasteiger partial charge >= 0.3 is 0 Å². The maximum atomic E-state index is 5.22. The van der Waals surface area contributed by atoms with Gasteiger partial charge in [0.1, 0.15) is 0 Å². The third-order valence-corrected chi connectivity index (χ3v) is 0.956. The van der Waals surface area contributed by atoms with Gasteiger partial charge in [0.2, 0.25) is 0 Å². The Kier molecular flexibility index (Phi) is 2.04. The Hall–Kier alpha value is -1.09. The molecule has 0 saturated carbocycles. The molecule has 0 amide bonds. The van der Waals surface area contributed by atoms with Crippen LogP contribution in [0, 0.1) is 0 Å². The number of aromatic amines is 1. The topological polar surface area (TPSA) is 54.7 Å². The van der Waals surface area contributed by atoms with Gasteiger partial charge < -0.3 is 5.73 Å². The first-order chi connectivity index (χ1) is 4.43. The maximum Gasteiger partial charge on any atom is 0.0575 e. The van der Waals surface area contributed by atoms with Gasteiger partial charge in [-0.2, -0.15) is 5.10 Å². The highest BCUT2D eigenvalue weighted by atomic mass is 15.1. The molecular formula is C6H9N3. The minimum Gasteiger partial charge on any atom is -0.327 e. The molecule has 48 valence electrons. The van der Waals surface area contributed by atoms with Gasteiger partial charge in [0.15, 0.2) is 0 Å². The Labute approximate surface area is 53.6 Å². The highest BCUT2D eigenvalue weighted by Gasteiger charge is 1.81. The molecule has 0 aliphatic heterocycles. The second-order valence-corrected chi connectivity index (χ2v) is 1.65. The van der Waals surface area contributed by atoms with Crippen molar-refractivity contribution in [2.45, 2.75) is 0 Å². The van der Waals surface area contributed by atoms with E-state index in [0.29, 0.717) is 6.54 Å². The molecule has 0 aliphatic rings. The van der Waals surface area contributed by atoms with Gasteiger partial charge in [-0.25, -0.2) is 0 Å². The number of H-pyrrole nitrogens is 1. The number of hydrogen-bond acceptors (Lipinski definition) is 2. The lowest BCUT2D eigenvalue weighted by Gasteiger charge is -1.79. The van der Waals surface area contributed by atoms with Crippen LogP contribution in [-0.2, 0) is 0 Å². The lowest BCUT2D eigenvalue weighted by molar-refractivity contribution is 1.08. The number of nitrogens with one attached hydrogen (secondary N) is 1. The minimum absolute atomic E-state index is 0.568. The van der Waals surface area contributed by atoms with Crippen LogP contribution in [0.25, 0.3) is 6.08 Å². The van der Waals surface area contributed by atoms with E-state index in [4.69, 9.17) is 5.73 Å². The normalized spacial score (nSPS) is 10.8. The summed E-state index contributed by atoms with van der Waals surface area (Å²) in [5.74, 6) is 0. The zero-order chi connectivity index (χ0) is 6.53. The summed E-state index contributed by atoms with van der Waals surface area (Å²) in [4.78, 5) is 0. The fraction of sp³-hybridized carbons (Fsp3) is 0.167. The maximum absolute atomic E-state index is 5.22. The molecule has 0 aromatic carbocycles. The van der Waals surface area contributed by atoms with Gasteiger partial charge in [-0.05, 0) is 12.1 Å². The van der Waals surface area contributed by atoms with E-state index in [1.54, 1.807) is 6.20 Å². The van der Waals surface area contributed by atoms with E-state index in [0.717, 1.165) is 5.69 Å². The molecule has 1 rings (SSSR count). The molecule has 9 heavy (non-hydrogen) atoms. The summed E-state index contributed by atoms with van der Waals surface area (Å²) in [5.41, 5.74) is 6.21. The number of nitrogens with two attached hydrogens (primary N) is 1.